The van der Waals surface area contributed by atoms with Crippen molar-refractivity contribution in [1.29, 1.82) is 0 Å². The summed E-state index contributed by atoms with van der Waals surface area (Å²) in [6.45, 7) is 3.98. The van der Waals surface area contributed by atoms with Gasteiger partial charge in [0.2, 0.25) is 0 Å². The number of benzene rings is 1. The predicted molar refractivity (Wildman–Crippen MR) is 61.1 cm³/mol. The highest BCUT2D eigenvalue weighted by Gasteiger charge is 2.13. The van der Waals surface area contributed by atoms with Crippen LogP contribution in [0.4, 0.5) is 0 Å². The molecule has 0 saturated heterocycles. The summed E-state index contributed by atoms with van der Waals surface area (Å²) < 4.78 is 0.996. The molecular formula is C10H13BrClN. The maximum absolute atomic E-state index is 6.05. The average molecular weight is 263 g/mol. The van der Waals surface area contributed by atoms with Gasteiger partial charge in [0, 0.05) is 15.0 Å². The van der Waals surface area contributed by atoms with Crippen LogP contribution < -0.4 is 5.73 Å². The normalized spacial score (nSPS) is 11.8. The molecule has 3 heteroatoms. The first kappa shape index (κ1) is 11.0. The predicted octanol–water partition coefficient (Wildman–Crippen LogP) is 3.38. The monoisotopic (exact) mass is 261 g/mol. The van der Waals surface area contributed by atoms with Gasteiger partial charge in [-0.15, -0.1) is 0 Å². The summed E-state index contributed by atoms with van der Waals surface area (Å²) in [5, 5.41) is 0.771. The van der Waals surface area contributed by atoms with E-state index in [0.29, 0.717) is 0 Å². The molecule has 13 heavy (non-hydrogen) atoms. The standard InChI is InChI=1S/C10H13BrClN/c1-10(2,13)6-7-3-4-8(11)5-9(7)12/h3-5H,6,13H2,1-2H3. The molecule has 0 bridgehead atoms. The molecule has 0 unspecified atom stereocenters. The first-order valence-electron chi connectivity index (χ1n) is 4.11. The van der Waals surface area contributed by atoms with E-state index < -0.39 is 0 Å². The van der Waals surface area contributed by atoms with E-state index in [1.165, 1.54) is 0 Å². The van der Waals surface area contributed by atoms with Crippen molar-refractivity contribution in [2.45, 2.75) is 25.8 Å². The SMILES string of the molecule is CC(C)(N)Cc1ccc(Br)cc1Cl. The van der Waals surface area contributed by atoms with Gasteiger partial charge in [0.25, 0.3) is 0 Å². The fourth-order valence-corrected chi connectivity index (χ4v) is 1.90. The van der Waals surface area contributed by atoms with Crippen LogP contribution in [0.1, 0.15) is 19.4 Å². The van der Waals surface area contributed by atoms with Crippen LogP contribution in [-0.2, 0) is 6.42 Å². The second-order valence-corrected chi connectivity index (χ2v) is 5.22. The van der Waals surface area contributed by atoms with Crippen LogP contribution in [0.25, 0.3) is 0 Å². The molecule has 0 aromatic heterocycles. The summed E-state index contributed by atoms with van der Waals surface area (Å²) in [5.41, 5.74) is 6.79. The molecule has 0 spiro atoms. The zero-order valence-corrected chi connectivity index (χ0v) is 10.1. The fraction of sp³-hybridized carbons (Fsp3) is 0.400. The summed E-state index contributed by atoms with van der Waals surface area (Å²) in [7, 11) is 0. The lowest BCUT2D eigenvalue weighted by Crippen LogP contribution is -2.34. The zero-order chi connectivity index (χ0) is 10.1. The van der Waals surface area contributed by atoms with Gasteiger partial charge in [-0.2, -0.15) is 0 Å². The molecule has 0 heterocycles. The first-order chi connectivity index (χ1) is 5.88. The van der Waals surface area contributed by atoms with Crippen molar-refractivity contribution < 1.29 is 0 Å². The largest absolute Gasteiger partial charge is 0.325 e. The van der Waals surface area contributed by atoms with Crippen LogP contribution >= 0.6 is 27.5 Å². The lowest BCUT2D eigenvalue weighted by atomic mass is 9.96. The fourth-order valence-electron chi connectivity index (χ4n) is 1.16. The van der Waals surface area contributed by atoms with Crippen molar-refractivity contribution in [1.82, 2.24) is 0 Å². The van der Waals surface area contributed by atoms with Crippen molar-refractivity contribution in [3.63, 3.8) is 0 Å². The molecule has 1 nitrogen and oxygen atoms in total. The summed E-state index contributed by atoms with van der Waals surface area (Å²) >= 11 is 9.41. The number of hydrogen-bond acceptors (Lipinski definition) is 1. The van der Waals surface area contributed by atoms with Crippen LogP contribution in [0.2, 0.25) is 5.02 Å². The summed E-state index contributed by atoms with van der Waals surface area (Å²) in [6.07, 6.45) is 0.791. The molecule has 1 aromatic carbocycles. The third-order valence-electron chi connectivity index (χ3n) is 1.66. The molecular weight excluding hydrogens is 249 g/mol. The van der Waals surface area contributed by atoms with Gasteiger partial charge < -0.3 is 5.73 Å². The van der Waals surface area contributed by atoms with Gasteiger partial charge in [-0.3, -0.25) is 0 Å². The van der Waals surface area contributed by atoms with Crippen LogP contribution in [0.5, 0.6) is 0 Å². The molecule has 0 radical (unpaired) electrons. The Hall–Kier alpha value is -0.0500. The Labute approximate surface area is 92.4 Å². The minimum Gasteiger partial charge on any atom is -0.325 e. The van der Waals surface area contributed by atoms with Crippen molar-refractivity contribution in [2.24, 2.45) is 5.73 Å². The first-order valence-corrected chi connectivity index (χ1v) is 5.28. The van der Waals surface area contributed by atoms with Crippen LogP contribution in [0.15, 0.2) is 22.7 Å². The van der Waals surface area contributed by atoms with Crippen molar-refractivity contribution in [3.8, 4) is 0 Å². The zero-order valence-electron chi connectivity index (χ0n) is 7.77. The van der Waals surface area contributed by atoms with Gasteiger partial charge in [-0.1, -0.05) is 33.6 Å². The Bertz CT molecular complexity index is 304. The molecule has 0 aliphatic heterocycles. The van der Waals surface area contributed by atoms with E-state index in [1.807, 2.05) is 32.0 Å². The van der Waals surface area contributed by atoms with E-state index in [1.54, 1.807) is 0 Å². The highest BCUT2D eigenvalue weighted by atomic mass is 79.9. The highest BCUT2D eigenvalue weighted by Crippen LogP contribution is 2.23. The Kier molecular flexibility index (Phi) is 3.38. The topological polar surface area (TPSA) is 26.0 Å². The lowest BCUT2D eigenvalue weighted by Gasteiger charge is -2.19. The molecule has 2 N–H and O–H groups in total. The second-order valence-electron chi connectivity index (χ2n) is 3.90. The third kappa shape index (κ3) is 3.67. The Morgan fingerprint density at radius 1 is 1.46 bits per heavy atom. The minimum absolute atomic E-state index is 0.211. The molecule has 1 aromatic rings. The Balaban J connectivity index is 2.90. The third-order valence-corrected chi connectivity index (χ3v) is 2.51. The Morgan fingerprint density at radius 2 is 2.08 bits per heavy atom. The highest BCUT2D eigenvalue weighted by molar-refractivity contribution is 9.10. The van der Waals surface area contributed by atoms with Crippen LogP contribution in [0.3, 0.4) is 0 Å². The molecule has 0 aliphatic rings. The molecule has 0 aliphatic carbocycles. The average Bonchev–Trinajstić information content (AvgIpc) is 1.93. The van der Waals surface area contributed by atoms with Gasteiger partial charge >= 0.3 is 0 Å². The second kappa shape index (κ2) is 3.99. The molecule has 0 saturated carbocycles. The molecule has 72 valence electrons. The summed E-state index contributed by atoms with van der Waals surface area (Å²) in [6, 6.07) is 5.87. The summed E-state index contributed by atoms with van der Waals surface area (Å²) in [5.74, 6) is 0. The van der Waals surface area contributed by atoms with E-state index in [2.05, 4.69) is 15.9 Å². The quantitative estimate of drug-likeness (QED) is 0.869. The minimum atomic E-state index is -0.211. The number of rotatable bonds is 2. The van der Waals surface area contributed by atoms with E-state index in [9.17, 15) is 0 Å². The van der Waals surface area contributed by atoms with Gasteiger partial charge in [0.05, 0.1) is 0 Å². The van der Waals surface area contributed by atoms with E-state index in [-0.39, 0.29) is 5.54 Å². The maximum atomic E-state index is 6.05. The van der Waals surface area contributed by atoms with Gasteiger partial charge in [0.1, 0.15) is 0 Å². The van der Waals surface area contributed by atoms with Crippen molar-refractivity contribution in [3.05, 3.63) is 33.3 Å². The van der Waals surface area contributed by atoms with Gasteiger partial charge in [0.15, 0.2) is 0 Å². The van der Waals surface area contributed by atoms with Gasteiger partial charge in [-0.25, -0.2) is 0 Å². The molecule has 0 atom stereocenters. The number of hydrogen-bond donors (Lipinski definition) is 1. The van der Waals surface area contributed by atoms with Crippen LogP contribution in [-0.4, -0.2) is 5.54 Å². The van der Waals surface area contributed by atoms with E-state index >= 15 is 0 Å². The van der Waals surface area contributed by atoms with E-state index in [4.69, 9.17) is 17.3 Å². The molecule has 0 amide bonds. The van der Waals surface area contributed by atoms with Gasteiger partial charge in [-0.05, 0) is 38.0 Å². The number of nitrogens with two attached hydrogens (primary N) is 1. The van der Waals surface area contributed by atoms with Crippen LogP contribution in [0, 0.1) is 0 Å². The maximum Gasteiger partial charge on any atom is 0.0449 e. The summed E-state index contributed by atoms with van der Waals surface area (Å²) in [4.78, 5) is 0. The Morgan fingerprint density at radius 3 is 2.54 bits per heavy atom. The van der Waals surface area contributed by atoms with Crippen molar-refractivity contribution in [2.75, 3.05) is 0 Å². The smallest absolute Gasteiger partial charge is 0.0449 e. The molecule has 0 fully saturated rings. The van der Waals surface area contributed by atoms with Crippen molar-refractivity contribution >= 4 is 27.5 Å². The number of halogens is 2. The molecule has 1 rings (SSSR count). The lowest BCUT2D eigenvalue weighted by molar-refractivity contribution is 0.517. The van der Waals surface area contributed by atoms with E-state index in [0.717, 1.165) is 21.5 Å².